The van der Waals surface area contributed by atoms with E-state index in [1.165, 1.54) is 8.52 Å². The Balaban J connectivity index is 3.18. The van der Waals surface area contributed by atoms with Gasteiger partial charge in [0.2, 0.25) is 0 Å². The quantitative estimate of drug-likeness (QED) is 0.503. The average molecular weight is 155 g/mol. The Bertz CT molecular complexity index is 201. The van der Waals surface area contributed by atoms with E-state index in [1.54, 1.807) is 0 Å². The first-order chi connectivity index (χ1) is 3.45. The van der Waals surface area contributed by atoms with Crippen LogP contribution in [0, 0.1) is 0 Å². The van der Waals surface area contributed by atoms with Crippen LogP contribution < -0.4 is 0 Å². The molecule has 0 atom stereocenters. The van der Waals surface area contributed by atoms with Gasteiger partial charge in [-0.15, -0.1) is 0 Å². The minimum absolute atomic E-state index is 0.708. The molecule has 7 heavy (non-hydrogen) atoms. The molecule has 0 aliphatic heterocycles. The van der Waals surface area contributed by atoms with E-state index in [-0.39, 0.29) is 0 Å². The molecule has 0 amide bonds. The summed E-state index contributed by atoms with van der Waals surface area (Å²) in [4.78, 5) is 0. The Hall–Kier alpha value is -0.261. The summed E-state index contributed by atoms with van der Waals surface area (Å²) in [5, 5.41) is 0. The van der Waals surface area contributed by atoms with Crippen LogP contribution in [-0.4, -0.2) is 14.5 Å². The summed E-state index contributed by atoms with van der Waals surface area (Å²) < 4.78 is 3.06. The van der Waals surface area contributed by atoms with Gasteiger partial charge in [-0.05, 0) is 0 Å². The first kappa shape index (κ1) is 3.71. The topological polar surface area (TPSA) is 0 Å². The third-order valence-electron chi connectivity index (χ3n) is 1.06. The molecule has 2 bridgehead atoms. The monoisotopic (exact) mass is 156 g/mol. The molecule has 2 rings (SSSR count). The summed E-state index contributed by atoms with van der Waals surface area (Å²) in [6.07, 6.45) is 0. The van der Waals surface area contributed by atoms with E-state index in [0.29, 0.717) is 14.5 Å². The third-order valence-corrected chi connectivity index (χ3v) is 3.19. The zero-order valence-corrected chi connectivity index (χ0v) is 5.43. The maximum atomic E-state index is 2.20. The van der Waals surface area contributed by atoms with Gasteiger partial charge in [-0.3, -0.25) is 0 Å². The molecule has 0 radical (unpaired) electrons. The number of hydrogen-bond donors (Lipinski definition) is 0. The summed E-state index contributed by atoms with van der Waals surface area (Å²) in [6.45, 7) is 0. The summed E-state index contributed by atoms with van der Waals surface area (Å²) in [6, 6.07) is 8.81. The molecule has 0 aromatic carbocycles. The van der Waals surface area contributed by atoms with Crippen LogP contribution in [0.15, 0.2) is 24.3 Å². The molecule has 2 heterocycles. The number of hydrogen-bond acceptors (Lipinski definition) is 0. The van der Waals surface area contributed by atoms with Gasteiger partial charge in [0.1, 0.15) is 0 Å². The normalized spacial score (nSPS) is 10.9. The van der Waals surface area contributed by atoms with E-state index >= 15 is 0 Å². The summed E-state index contributed by atoms with van der Waals surface area (Å²) in [5.74, 6) is 0. The summed E-state index contributed by atoms with van der Waals surface area (Å²) >= 11 is 0.708. The van der Waals surface area contributed by atoms with Crippen molar-refractivity contribution in [3.05, 3.63) is 24.3 Å². The Labute approximate surface area is 47.8 Å². The van der Waals surface area contributed by atoms with Crippen LogP contribution in [0.1, 0.15) is 0 Å². The molecule has 0 unspecified atom stereocenters. The second kappa shape index (κ2) is 1.12. The van der Waals surface area contributed by atoms with Crippen LogP contribution in [0.5, 0.6) is 0 Å². The average Bonchev–Trinajstić information content (AvgIpc) is 2.22. The van der Waals surface area contributed by atoms with Gasteiger partial charge in [-0.1, -0.05) is 0 Å². The number of benzene rings is 1. The molecule has 34 valence electrons. The fourth-order valence-corrected chi connectivity index (χ4v) is 2.42. The molecule has 0 nitrogen and oxygen atoms in total. The van der Waals surface area contributed by atoms with Crippen LogP contribution >= 0.6 is 0 Å². The van der Waals surface area contributed by atoms with Gasteiger partial charge in [-0.2, -0.15) is 0 Å². The van der Waals surface area contributed by atoms with Crippen molar-refractivity contribution < 1.29 is 0 Å². The third kappa shape index (κ3) is 0.425. The zero-order valence-electron chi connectivity index (χ0n) is 3.72. The molecular formula is C6H4Se. The van der Waals surface area contributed by atoms with Crippen molar-refractivity contribution in [1.29, 1.82) is 0 Å². The van der Waals surface area contributed by atoms with E-state index in [9.17, 15) is 0 Å². The molecule has 0 N–H and O–H groups in total. The molecule has 0 spiro atoms. The van der Waals surface area contributed by atoms with E-state index in [4.69, 9.17) is 0 Å². The number of fused-ring (bicyclic) bond motifs is 2. The Morgan fingerprint density at radius 2 is 1.29 bits per heavy atom. The van der Waals surface area contributed by atoms with Crippen molar-refractivity contribution in [2.75, 3.05) is 0 Å². The van der Waals surface area contributed by atoms with Gasteiger partial charge in [0.15, 0.2) is 0 Å². The van der Waals surface area contributed by atoms with Crippen molar-refractivity contribution in [2.24, 2.45) is 0 Å². The van der Waals surface area contributed by atoms with Crippen molar-refractivity contribution in [3.8, 4) is 0 Å². The van der Waals surface area contributed by atoms with Crippen LogP contribution in [-0.2, 0) is 0 Å². The van der Waals surface area contributed by atoms with Crippen LogP contribution in [0.2, 0.25) is 0 Å². The van der Waals surface area contributed by atoms with Crippen molar-refractivity contribution >= 4 is 23.0 Å². The van der Waals surface area contributed by atoms with Gasteiger partial charge in [0.05, 0.1) is 0 Å². The van der Waals surface area contributed by atoms with Gasteiger partial charge >= 0.3 is 47.3 Å². The van der Waals surface area contributed by atoms with Gasteiger partial charge in [0, 0.05) is 0 Å². The molecule has 0 aliphatic carbocycles. The second-order valence-corrected chi connectivity index (χ2v) is 3.98. The van der Waals surface area contributed by atoms with Crippen LogP contribution in [0.4, 0.5) is 0 Å². The second-order valence-electron chi connectivity index (χ2n) is 1.57. The van der Waals surface area contributed by atoms with E-state index in [0.717, 1.165) is 0 Å². The Kier molecular flexibility index (Phi) is 0.592. The molecule has 0 fully saturated rings. The molecule has 2 aromatic heterocycles. The van der Waals surface area contributed by atoms with Crippen molar-refractivity contribution in [3.63, 3.8) is 0 Å². The number of rotatable bonds is 0. The fraction of sp³-hybridized carbons (Fsp3) is 0. The summed E-state index contributed by atoms with van der Waals surface area (Å²) in [7, 11) is 0. The van der Waals surface area contributed by atoms with E-state index < -0.39 is 0 Å². The van der Waals surface area contributed by atoms with Gasteiger partial charge < -0.3 is 0 Å². The standard InChI is InChI=1S/C6H4Se/c1-2-6-4-3-5(1)7-6/h1-4H. The van der Waals surface area contributed by atoms with Crippen LogP contribution in [0.25, 0.3) is 8.52 Å². The predicted molar refractivity (Wildman–Crippen MR) is 32.1 cm³/mol. The van der Waals surface area contributed by atoms with E-state index in [2.05, 4.69) is 24.3 Å². The first-order valence-electron chi connectivity index (χ1n) is 2.23. The van der Waals surface area contributed by atoms with Gasteiger partial charge in [0.25, 0.3) is 0 Å². The van der Waals surface area contributed by atoms with Crippen LogP contribution in [0.3, 0.4) is 0 Å². The molecule has 1 heteroatoms. The predicted octanol–water partition coefficient (Wildman–Crippen LogP) is 1.33. The summed E-state index contributed by atoms with van der Waals surface area (Å²) in [5.41, 5.74) is 0. The zero-order chi connectivity index (χ0) is 4.69. The fourth-order valence-electron chi connectivity index (χ4n) is 0.712. The molecule has 0 saturated carbocycles. The molecule has 2 aromatic rings. The Morgan fingerprint density at radius 1 is 0.857 bits per heavy atom. The van der Waals surface area contributed by atoms with Gasteiger partial charge in [-0.25, -0.2) is 0 Å². The minimum atomic E-state index is 0.708. The first-order valence-corrected chi connectivity index (χ1v) is 3.94. The van der Waals surface area contributed by atoms with E-state index in [1.807, 2.05) is 0 Å². The molecule has 0 aliphatic rings. The molecular weight excluding hydrogens is 151 g/mol. The maximum absolute atomic E-state index is 2.20. The van der Waals surface area contributed by atoms with Crippen molar-refractivity contribution in [2.45, 2.75) is 0 Å². The Morgan fingerprint density at radius 3 is 1.43 bits per heavy atom. The molecule has 0 saturated heterocycles. The van der Waals surface area contributed by atoms with Crippen molar-refractivity contribution in [1.82, 2.24) is 0 Å². The SMILES string of the molecule is c1cc2ccc1[se]2.